The molecule has 0 saturated carbocycles. The largest absolute Gasteiger partial charge is 1.00 e. The van der Waals surface area contributed by atoms with Crippen LogP contribution in [0.2, 0.25) is 0 Å². The van der Waals surface area contributed by atoms with Gasteiger partial charge in [-0.25, -0.2) is 0 Å². The van der Waals surface area contributed by atoms with Crippen LogP contribution in [0.25, 0.3) is 10.8 Å². The molecule has 0 N–H and O–H groups in total. The van der Waals surface area contributed by atoms with Gasteiger partial charge in [0.25, 0.3) is 0 Å². The maximum Gasteiger partial charge on any atom is 1.00 e. The van der Waals surface area contributed by atoms with E-state index in [1.165, 1.54) is 12.1 Å². The van der Waals surface area contributed by atoms with E-state index in [1.54, 1.807) is 18.2 Å². The average Bonchev–Trinajstić information content (AvgIpc) is 2.42. The Labute approximate surface area is 165 Å². The minimum absolute atomic E-state index is 0. The first kappa shape index (κ1) is 18.8. The van der Waals surface area contributed by atoms with E-state index in [0.29, 0.717) is 17.7 Å². The van der Waals surface area contributed by atoms with Gasteiger partial charge in [-0.3, -0.25) is 0 Å². The quantitative estimate of drug-likeness (QED) is 0.595. The monoisotopic (exact) mass is 318 g/mol. The first-order chi connectivity index (χ1) is 9.40. The molecule has 2 aromatic rings. The predicted molar refractivity (Wildman–Crippen MR) is 77.6 cm³/mol. The number of fused-ring (bicyclic) bond motifs is 1. The minimum Gasteiger partial charge on any atom is -0.489 e. The van der Waals surface area contributed by atoms with Crippen molar-refractivity contribution in [3.8, 4) is 5.75 Å². The summed E-state index contributed by atoms with van der Waals surface area (Å²) in [7, 11) is 0. The molecule has 21 heavy (non-hydrogen) atoms. The molecular formula is C15H15BF3KO. The number of hydrogen-bond acceptors (Lipinski definition) is 1. The number of hydrogen-bond donors (Lipinski definition) is 0. The molecule has 0 saturated heterocycles. The van der Waals surface area contributed by atoms with Crippen molar-refractivity contribution < 1.29 is 69.1 Å². The third-order valence-corrected chi connectivity index (χ3v) is 3.16. The first-order valence-electron chi connectivity index (χ1n) is 6.43. The van der Waals surface area contributed by atoms with Crippen molar-refractivity contribution in [2.75, 3.05) is 6.61 Å². The summed E-state index contributed by atoms with van der Waals surface area (Å²) in [6.07, 6.45) is 0.838. The second-order valence-corrected chi connectivity index (χ2v) is 4.74. The first-order valence-corrected chi connectivity index (χ1v) is 6.43. The summed E-state index contributed by atoms with van der Waals surface area (Å²) in [5.74, 6) is 0.636. The second-order valence-electron chi connectivity index (χ2n) is 4.74. The summed E-state index contributed by atoms with van der Waals surface area (Å²) in [6.45, 7) is 1.30. The van der Waals surface area contributed by atoms with Gasteiger partial charge in [0.2, 0.25) is 0 Å². The summed E-state index contributed by atoms with van der Waals surface area (Å²) in [4.78, 5) is 0. The normalized spacial score (nSPS) is 11.0. The van der Waals surface area contributed by atoms with Gasteiger partial charge in [-0.15, -0.1) is 5.46 Å². The summed E-state index contributed by atoms with van der Waals surface area (Å²) < 4.78 is 43.6. The molecular weight excluding hydrogens is 303 g/mol. The van der Waals surface area contributed by atoms with Crippen LogP contribution < -0.4 is 61.6 Å². The van der Waals surface area contributed by atoms with Crippen molar-refractivity contribution in [1.82, 2.24) is 0 Å². The Balaban J connectivity index is 0.00000220. The molecule has 0 aliphatic rings. The van der Waals surface area contributed by atoms with Crippen LogP contribution in [0, 0.1) is 0 Å². The number of ether oxygens (including phenoxy) is 1. The Hall–Kier alpha value is -0.269. The van der Waals surface area contributed by atoms with E-state index in [-0.39, 0.29) is 51.4 Å². The molecule has 0 unspecified atom stereocenters. The van der Waals surface area contributed by atoms with Gasteiger partial charge in [0.1, 0.15) is 12.4 Å². The number of halogens is 3. The minimum atomic E-state index is -4.96. The van der Waals surface area contributed by atoms with Crippen LogP contribution in [-0.2, 0) is 0 Å². The van der Waals surface area contributed by atoms with Gasteiger partial charge in [0.05, 0.1) is 0 Å². The predicted octanol–water partition coefficient (Wildman–Crippen LogP) is 1.24. The van der Waals surface area contributed by atoms with E-state index >= 15 is 0 Å². The van der Waals surface area contributed by atoms with E-state index in [2.05, 4.69) is 6.58 Å². The topological polar surface area (TPSA) is 9.23 Å². The Morgan fingerprint density at radius 1 is 1.10 bits per heavy atom. The Bertz CT molecular complexity index is 640. The van der Waals surface area contributed by atoms with Crippen LogP contribution in [0.3, 0.4) is 0 Å². The van der Waals surface area contributed by atoms with Gasteiger partial charge in [-0.2, -0.15) is 0 Å². The molecule has 2 aromatic carbocycles. The zero-order valence-electron chi connectivity index (χ0n) is 12.2. The molecule has 0 aliphatic carbocycles. The molecule has 106 valence electrons. The summed E-state index contributed by atoms with van der Waals surface area (Å²) in [5, 5.41) is 1.29. The van der Waals surface area contributed by atoms with Crippen molar-refractivity contribution in [3.63, 3.8) is 0 Å². The van der Waals surface area contributed by atoms with E-state index in [0.717, 1.165) is 23.4 Å². The molecule has 0 amide bonds. The molecule has 2 rings (SSSR count). The third-order valence-electron chi connectivity index (χ3n) is 3.16. The van der Waals surface area contributed by atoms with E-state index in [4.69, 9.17) is 4.74 Å². The van der Waals surface area contributed by atoms with Gasteiger partial charge in [-0.1, -0.05) is 37.8 Å². The van der Waals surface area contributed by atoms with Gasteiger partial charge >= 0.3 is 58.4 Å². The zero-order chi connectivity index (χ0) is 14.8. The van der Waals surface area contributed by atoms with Crippen LogP contribution in [0.4, 0.5) is 12.9 Å². The third kappa shape index (κ3) is 5.14. The summed E-state index contributed by atoms with van der Waals surface area (Å²) in [6, 6.07) is 8.82. The van der Waals surface area contributed by atoms with Crippen molar-refractivity contribution in [2.45, 2.75) is 13.3 Å². The second kappa shape index (κ2) is 7.83. The molecule has 1 nitrogen and oxygen atoms in total. The van der Waals surface area contributed by atoms with E-state index < -0.39 is 12.4 Å². The average molecular weight is 318 g/mol. The maximum atomic E-state index is 12.7. The van der Waals surface area contributed by atoms with Crippen molar-refractivity contribution in [1.29, 1.82) is 0 Å². The molecule has 0 heterocycles. The fraction of sp³-hybridized carbons (Fsp3) is 0.200. The van der Waals surface area contributed by atoms with Crippen molar-refractivity contribution in [2.24, 2.45) is 0 Å². The van der Waals surface area contributed by atoms with E-state index in [1.807, 2.05) is 6.92 Å². The summed E-state index contributed by atoms with van der Waals surface area (Å²) in [5.41, 5.74) is 0.394. The molecule has 0 atom stereocenters. The Kier molecular flexibility index (Phi) is 7.00. The summed E-state index contributed by atoms with van der Waals surface area (Å²) >= 11 is 0. The number of benzene rings is 2. The van der Waals surface area contributed by atoms with Crippen molar-refractivity contribution >= 4 is 23.2 Å². The smallest absolute Gasteiger partial charge is 0.489 e. The maximum absolute atomic E-state index is 12.7. The van der Waals surface area contributed by atoms with Crippen LogP contribution in [0.5, 0.6) is 5.75 Å². The SMILES string of the molecule is C=C(CC)COc1ccc2cc([B-](F)(F)F)ccc2c1.[K+]. The van der Waals surface area contributed by atoms with Gasteiger partial charge in [-0.05, 0) is 34.9 Å². The Morgan fingerprint density at radius 3 is 2.33 bits per heavy atom. The Morgan fingerprint density at radius 2 is 1.71 bits per heavy atom. The van der Waals surface area contributed by atoms with Crippen LogP contribution in [0.15, 0.2) is 48.6 Å². The molecule has 0 radical (unpaired) electrons. The van der Waals surface area contributed by atoms with Crippen LogP contribution in [0.1, 0.15) is 13.3 Å². The van der Waals surface area contributed by atoms with Gasteiger partial charge in [0, 0.05) is 0 Å². The van der Waals surface area contributed by atoms with Gasteiger partial charge in [0.15, 0.2) is 0 Å². The standard InChI is InChI=1S/C15H15BF3O.K/c1-3-11(2)10-20-15-7-5-12-8-14(16(17,18)19)6-4-13(12)9-15;/h4-9H,2-3,10H2,1H3;/q-1;+1. The molecule has 0 spiro atoms. The van der Waals surface area contributed by atoms with Crippen molar-refractivity contribution in [3.05, 3.63) is 48.6 Å². The van der Waals surface area contributed by atoms with Gasteiger partial charge < -0.3 is 17.7 Å². The molecule has 0 fully saturated rings. The van der Waals surface area contributed by atoms with Crippen LogP contribution >= 0.6 is 0 Å². The number of rotatable bonds is 5. The fourth-order valence-electron chi connectivity index (χ4n) is 1.82. The molecule has 0 aromatic heterocycles. The molecule has 0 bridgehead atoms. The zero-order valence-corrected chi connectivity index (χ0v) is 15.3. The van der Waals surface area contributed by atoms with E-state index in [9.17, 15) is 12.9 Å². The molecule has 0 aliphatic heterocycles. The van der Waals surface area contributed by atoms with Crippen LogP contribution in [-0.4, -0.2) is 13.6 Å². The molecule has 6 heteroatoms. The fourth-order valence-corrected chi connectivity index (χ4v) is 1.82.